The minimum atomic E-state index is -0.444. The third-order valence-electron chi connectivity index (χ3n) is 3.01. The molecule has 0 spiro atoms. The first-order chi connectivity index (χ1) is 7.57. The summed E-state index contributed by atoms with van der Waals surface area (Å²) in [5, 5.41) is 2.70. The van der Waals surface area contributed by atoms with Crippen LogP contribution >= 0.6 is 0 Å². The van der Waals surface area contributed by atoms with Gasteiger partial charge < -0.3 is 15.8 Å². The minimum absolute atomic E-state index is 0.110. The van der Waals surface area contributed by atoms with E-state index >= 15 is 0 Å². The van der Waals surface area contributed by atoms with Gasteiger partial charge in [0.15, 0.2) is 0 Å². The average molecular weight is 226 g/mol. The molecule has 1 aliphatic carbocycles. The molecule has 0 aromatic rings. The third kappa shape index (κ3) is 3.94. The largest absolute Gasteiger partial charge is 0.367 e. The molecule has 16 heavy (non-hydrogen) atoms. The predicted molar refractivity (Wildman–Crippen MR) is 64.0 cm³/mol. The number of rotatable bonds is 6. The molecular weight excluding hydrogens is 204 g/mol. The Hall–Kier alpha value is -0.870. The molecule has 3 N–H and O–H groups in total. The van der Waals surface area contributed by atoms with Crippen molar-refractivity contribution in [3.63, 3.8) is 0 Å². The first-order valence-electron chi connectivity index (χ1n) is 5.86. The zero-order valence-electron chi connectivity index (χ0n) is 10.00. The van der Waals surface area contributed by atoms with Crippen LogP contribution in [0.1, 0.15) is 32.6 Å². The van der Waals surface area contributed by atoms with Crippen molar-refractivity contribution < 1.29 is 9.53 Å². The molecule has 0 saturated heterocycles. The molecule has 0 aromatic heterocycles. The number of hydrogen-bond acceptors (Lipinski definition) is 3. The molecule has 4 heteroatoms. The lowest BCUT2D eigenvalue weighted by atomic mass is 10.0. The molecule has 0 heterocycles. The highest BCUT2D eigenvalue weighted by Crippen LogP contribution is 2.27. The minimum Gasteiger partial charge on any atom is -0.367 e. The highest BCUT2D eigenvalue weighted by atomic mass is 16.5. The fraction of sp³-hybridized carbons (Fsp3) is 0.750. The van der Waals surface area contributed by atoms with Gasteiger partial charge in [-0.3, -0.25) is 4.79 Å². The lowest BCUT2D eigenvalue weighted by Gasteiger charge is -2.25. The van der Waals surface area contributed by atoms with E-state index in [1.807, 2.05) is 0 Å². The van der Waals surface area contributed by atoms with Crippen LogP contribution in [-0.2, 0) is 9.53 Å². The van der Waals surface area contributed by atoms with Crippen LogP contribution in [-0.4, -0.2) is 30.7 Å². The predicted octanol–water partition coefficient (Wildman–Crippen LogP) is 0.965. The lowest BCUT2D eigenvalue weighted by Crippen LogP contribution is -2.44. The van der Waals surface area contributed by atoms with Gasteiger partial charge >= 0.3 is 0 Å². The SMILES string of the molecule is C=CCNC(=O)C(C)OCC1(N)CCCC1. The Labute approximate surface area is 97.2 Å². The van der Waals surface area contributed by atoms with E-state index < -0.39 is 6.10 Å². The second-order valence-electron chi connectivity index (χ2n) is 4.56. The monoisotopic (exact) mass is 226 g/mol. The Morgan fingerprint density at radius 3 is 2.81 bits per heavy atom. The highest BCUT2D eigenvalue weighted by molar-refractivity contribution is 5.80. The molecule has 1 amide bonds. The fourth-order valence-electron chi connectivity index (χ4n) is 1.91. The molecule has 1 unspecified atom stereocenters. The Morgan fingerprint density at radius 1 is 1.62 bits per heavy atom. The molecule has 0 aromatic carbocycles. The van der Waals surface area contributed by atoms with Crippen LogP contribution in [0.5, 0.6) is 0 Å². The van der Waals surface area contributed by atoms with Crippen molar-refractivity contribution in [1.82, 2.24) is 5.32 Å². The number of hydrogen-bond donors (Lipinski definition) is 2. The van der Waals surface area contributed by atoms with Crippen LogP contribution < -0.4 is 11.1 Å². The summed E-state index contributed by atoms with van der Waals surface area (Å²) in [5.74, 6) is -0.110. The summed E-state index contributed by atoms with van der Waals surface area (Å²) in [7, 11) is 0. The summed E-state index contributed by atoms with van der Waals surface area (Å²) in [5.41, 5.74) is 5.92. The number of nitrogens with one attached hydrogen (secondary N) is 1. The average Bonchev–Trinajstić information content (AvgIpc) is 2.70. The fourth-order valence-corrected chi connectivity index (χ4v) is 1.91. The number of nitrogens with two attached hydrogens (primary N) is 1. The van der Waals surface area contributed by atoms with Crippen LogP contribution in [0.15, 0.2) is 12.7 Å². The molecule has 1 saturated carbocycles. The smallest absolute Gasteiger partial charge is 0.249 e. The third-order valence-corrected chi connectivity index (χ3v) is 3.01. The van der Waals surface area contributed by atoms with Crippen molar-refractivity contribution >= 4 is 5.91 Å². The number of ether oxygens (including phenoxy) is 1. The van der Waals surface area contributed by atoms with Crippen LogP contribution in [0.4, 0.5) is 0 Å². The Kier molecular flexibility index (Phi) is 4.96. The van der Waals surface area contributed by atoms with Crippen molar-refractivity contribution in [3.05, 3.63) is 12.7 Å². The van der Waals surface area contributed by atoms with E-state index in [9.17, 15) is 4.79 Å². The van der Waals surface area contributed by atoms with Gasteiger partial charge in [-0.05, 0) is 19.8 Å². The summed E-state index contributed by atoms with van der Waals surface area (Å²) >= 11 is 0. The van der Waals surface area contributed by atoms with Crippen LogP contribution in [0.2, 0.25) is 0 Å². The molecule has 0 radical (unpaired) electrons. The number of carbonyl (C=O) groups is 1. The second-order valence-corrected chi connectivity index (χ2v) is 4.56. The van der Waals surface area contributed by atoms with Crippen LogP contribution in [0.25, 0.3) is 0 Å². The summed E-state index contributed by atoms with van der Waals surface area (Å²) < 4.78 is 5.52. The van der Waals surface area contributed by atoms with Crippen molar-refractivity contribution in [1.29, 1.82) is 0 Å². The van der Waals surface area contributed by atoms with Gasteiger partial charge in [-0.2, -0.15) is 0 Å². The maximum absolute atomic E-state index is 11.5. The van der Waals surface area contributed by atoms with Gasteiger partial charge in [-0.15, -0.1) is 6.58 Å². The van der Waals surface area contributed by atoms with Gasteiger partial charge in [0, 0.05) is 12.1 Å². The van der Waals surface area contributed by atoms with Crippen molar-refractivity contribution in [2.45, 2.75) is 44.2 Å². The molecule has 1 rings (SSSR count). The first kappa shape index (κ1) is 13.2. The van der Waals surface area contributed by atoms with Crippen LogP contribution in [0, 0.1) is 0 Å². The molecule has 92 valence electrons. The normalized spacial score (nSPS) is 20.4. The topological polar surface area (TPSA) is 64.3 Å². The van der Waals surface area contributed by atoms with Crippen molar-refractivity contribution in [2.75, 3.05) is 13.2 Å². The Balaban J connectivity index is 2.25. The van der Waals surface area contributed by atoms with Gasteiger partial charge in [0.25, 0.3) is 0 Å². The van der Waals surface area contributed by atoms with E-state index in [1.54, 1.807) is 13.0 Å². The first-order valence-corrected chi connectivity index (χ1v) is 5.86. The van der Waals surface area contributed by atoms with E-state index in [2.05, 4.69) is 11.9 Å². The summed E-state index contributed by atoms with van der Waals surface area (Å²) in [6, 6.07) is 0. The van der Waals surface area contributed by atoms with Gasteiger partial charge in [0.2, 0.25) is 5.91 Å². The number of amides is 1. The van der Waals surface area contributed by atoms with Gasteiger partial charge in [0.1, 0.15) is 6.10 Å². The number of carbonyl (C=O) groups excluding carboxylic acids is 1. The quantitative estimate of drug-likeness (QED) is 0.663. The van der Waals surface area contributed by atoms with E-state index in [0.29, 0.717) is 13.2 Å². The zero-order chi connectivity index (χ0) is 12.0. The van der Waals surface area contributed by atoms with E-state index in [0.717, 1.165) is 25.7 Å². The van der Waals surface area contributed by atoms with Crippen molar-refractivity contribution in [3.8, 4) is 0 Å². The molecule has 1 aliphatic rings. The Bertz CT molecular complexity index is 247. The van der Waals surface area contributed by atoms with E-state index in [4.69, 9.17) is 10.5 Å². The highest BCUT2D eigenvalue weighted by Gasteiger charge is 2.30. The standard InChI is InChI=1S/C12H22N2O2/c1-3-8-14-11(15)10(2)16-9-12(13)6-4-5-7-12/h3,10H,1,4-9,13H2,2H3,(H,14,15). The molecule has 1 atom stereocenters. The molecular formula is C12H22N2O2. The zero-order valence-corrected chi connectivity index (χ0v) is 10.00. The van der Waals surface area contributed by atoms with Gasteiger partial charge in [0.05, 0.1) is 6.61 Å². The molecule has 4 nitrogen and oxygen atoms in total. The molecule has 1 fully saturated rings. The maximum Gasteiger partial charge on any atom is 0.249 e. The maximum atomic E-state index is 11.5. The second kappa shape index (κ2) is 6.01. The summed E-state index contributed by atoms with van der Waals surface area (Å²) in [6.07, 6.45) is 5.52. The van der Waals surface area contributed by atoms with Crippen molar-refractivity contribution in [2.24, 2.45) is 5.73 Å². The Morgan fingerprint density at radius 2 is 2.25 bits per heavy atom. The van der Waals surface area contributed by atoms with Gasteiger partial charge in [-0.25, -0.2) is 0 Å². The van der Waals surface area contributed by atoms with Gasteiger partial charge in [-0.1, -0.05) is 18.9 Å². The summed E-state index contributed by atoms with van der Waals surface area (Å²) in [4.78, 5) is 11.5. The van der Waals surface area contributed by atoms with E-state index in [1.165, 1.54) is 0 Å². The lowest BCUT2D eigenvalue weighted by molar-refractivity contribution is -0.132. The molecule has 0 bridgehead atoms. The summed E-state index contributed by atoms with van der Waals surface area (Å²) in [6.45, 7) is 6.22. The van der Waals surface area contributed by atoms with E-state index in [-0.39, 0.29) is 11.4 Å². The van der Waals surface area contributed by atoms with Crippen LogP contribution in [0.3, 0.4) is 0 Å². The molecule has 0 aliphatic heterocycles.